The van der Waals surface area contributed by atoms with E-state index in [2.05, 4.69) is 53.4 Å². The van der Waals surface area contributed by atoms with E-state index in [9.17, 15) is 8.42 Å². The van der Waals surface area contributed by atoms with Gasteiger partial charge in [-0.25, -0.2) is 13.6 Å². The number of nitrogens with two attached hydrogens (primary N) is 1. The molecular formula is C18H22N2O2S. The Morgan fingerprint density at radius 2 is 1.74 bits per heavy atom. The van der Waals surface area contributed by atoms with E-state index < -0.39 is 10.0 Å². The summed E-state index contributed by atoms with van der Waals surface area (Å²) in [5.74, 6) is 0.372. The molecule has 0 unspecified atom stereocenters. The molecular weight excluding hydrogens is 308 g/mol. The first-order valence-corrected chi connectivity index (χ1v) is 9.60. The van der Waals surface area contributed by atoms with Crippen LogP contribution in [0.4, 0.5) is 0 Å². The third-order valence-electron chi connectivity index (χ3n) is 4.37. The molecule has 1 atom stereocenters. The van der Waals surface area contributed by atoms with Crippen molar-refractivity contribution in [2.45, 2.75) is 18.9 Å². The summed E-state index contributed by atoms with van der Waals surface area (Å²) in [6.07, 6.45) is 0.572. The summed E-state index contributed by atoms with van der Waals surface area (Å²) < 4.78 is 22.2. The van der Waals surface area contributed by atoms with Crippen molar-refractivity contribution in [3.63, 3.8) is 0 Å². The van der Waals surface area contributed by atoms with E-state index in [1.54, 1.807) is 0 Å². The number of hydrogen-bond donors (Lipinski definition) is 1. The minimum Gasteiger partial charge on any atom is -0.298 e. The van der Waals surface area contributed by atoms with Crippen LogP contribution in [0.1, 0.15) is 29.0 Å². The quantitative estimate of drug-likeness (QED) is 0.915. The molecule has 0 amide bonds. The maximum atomic E-state index is 11.1. The lowest BCUT2D eigenvalue weighted by Gasteiger charge is -2.35. The lowest BCUT2D eigenvalue weighted by atomic mass is 9.84. The number of benzene rings is 2. The molecule has 23 heavy (non-hydrogen) atoms. The van der Waals surface area contributed by atoms with Crippen LogP contribution in [0.2, 0.25) is 0 Å². The lowest BCUT2D eigenvalue weighted by Crippen LogP contribution is -2.35. The molecule has 122 valence electrons. The summed E-state index contributed by atoms with van der Waals surface area (Å²) >= 11 is 0. The molecule has 0 radical (unpaired) electrons. The normalized spacial score (nSPS) is 18.6. The van der Waals surface area contributed by atoms with Gasteiger partial charge in [-0.3, -0.25) is 4.90 Å². The summed E-state index contributed by atoms with van der Waals surface area (Å²) in [6.45, 7) is 2.52. The molecule has 1 aliphatic rings. The molecule has 0 spiro atoms. The molecule has 0 saturated heterocycles. The fourth-order valence-electron chi connectivity index (χ4n) is 3.31. The van der Waals surface area contributed by atoms with Crippen LogP contribution in [0.15, 0.2) is 54.6 Å². The number of fused-ring (bicyclic) bond motifs is 1. The Morgan fingerprint density at radius 3 is 2.48 bits per heavy atom. The van der Waals surface area contributed by atoms with Crippen molar-refractivity contribution in [3.8, 4) is 0 Å². The topological polar surface area (TPSA) is 63.4 Å². The van der Waals surface area contributed by atoms with Crippen molar-refractivity contribution >= 4 is 10.0 Å². The van der Waals surface area contributed by atoms with Crippen LogP contribution >= 0.6 is 0 Å². The molecule has 0 saturated carbocycles. The van der Waals surface area contributed by atoms with Gasteiger partial charge in [0.2, 0.25) is 10.0 Å². The highest BCUT2D eigenvalue weighted by Gasteiger charge is 2.25. The monoisotopic (exact) mass is 330 g/mol. The van der Waals surface area contributed by atoms with E-state index in [-0.39, 0.29) is 5.75 Å². The Hall–Kier alpha value is -1.69. The summed E-state index contributed by atoms with van der Waals surface area (Å²) in [5, 5.41) is 5.10. The highest BCUT2D eigenvalue weighted by Crippen LogP contribution is 2.33. The van der Waals surface area contributed by atoms with Crippen molar-refractivity contribution in [1.82, 2.24) is 4.90 Å². The second-order valence-electron chi connectivity index (χ2n) is 6.12. The Bertz CT molecular complexity index is 760. The van der Waals surface area contributed by atoms with Crippen molar-refractivity contribution in [3.05, 3.63) is 71.3 Å². The van der Waals surface area contributed by atoms with Crippen LogP contribution in [0.25, 0.3) is 0 Å². The van der Waals surface area contributed by atoms with E-state index >= 15 is 0 Å². The van der Waals surface area contributed by atoms with Crippen LogP contribution in [-0.4, -0.2) is 32.2 Å². The van der Waals surface area contributed by atoms with Crippen molar-refractivity contribution < 1.29 is 8.42 Å². The van der Waals surface area contributed by atoms with Crippen molar-refractivity contribution in [2.75, 3.05) is 18.8 Å². The van der Waals surface area contributed by atoms with Gasteiger partial charge in [-0.15, -0.1) is 0 Å². The average Bonchev–Trinajstić information content (AvgIpc) is 2.54. The number of sulfonamides is 1. The summed E-state index contributed by atoms with van der Waals surface area (Å²) in [5.41, 5.74) is 4.00. The lowest BCUT2D eigenvalue weighted by molar-refractivity contribution is 0.241. The minimum atomic E-state index is -3.38. The first-order valence-electron chi connectivity index (χ1n) is 7.88. The maximum absolute atomic E-state index is 11.1. The average molecular weight is 330 g/mol. The highest BCUT2D eigenvalue weighted by molar-refractivity contribution is 7.89. The third kappa shape index (κ3) is 4.19. The van der Waals surface area contributed by atoms with Crippen LogP contribution in [-0.2, 0) is 16.6 Å². The van der Waals surface area contributed by atoms with Gasteiger partial charge in [0.05, 0.1) is 5.75 Å². The second kappa shape index (κ2) is 6.83. The predicted molar refractivity (Wildman–Crippen MR) is 92.6 cm³/mol. The van der Waals surface area contributed by atoms with Gasteiger partial charge in [-0.2, -0.15) is 0 Å². The van der Waals surface area contributed by atoms with Gasteiger partial charge in [0.1, 0.15) is 0 Å². The van der Waals surface area contributed by atoms with Gasteiger partial charge in [0.15, 0.2) is 0 Å². The van der Waals surface area contributed by atoms with Gasteiger partial charge in [0, 0.05) is 19.0 Å². The van der Waals surface area contributed by atoms with Crippen LogP contribution in [0.5, 0.6) is 0 Å². The Labute approximate surface area is 138 Å². The predicted octanol–water partition coefficient (Wildman–Crippen LogP) is 2.31. The van der Waals surface area contributed by atoms with Gasteiger partial charge >= 0.3 is 0 Å². The molecule has 4 nitrogen and oxygen atoms in total. The van der Waals surface area contributed by atoms with Crippen LogP contribution in [0.3, 0.4) is 0 Å². The standard InChI is InChI=1S/C18H22N2O2S/c19-23(21,22)12-6-11-20-13-16-9-4-5-10-17(16)18(14-20)15-7-2-1-3-8-15/h1-5,7-10,18H,6,11-14H2,(H2,19,21,22)/t18-/m0/s1. The fourth-order valence-corrected chi connectivity index (χ4v) is 3.84. The summed E-state index contributed by atoms with van der Waals surface area (Å²) in [6, 6.07) is 19.0. The van der Waals surface area contributed by atoms with E-state index in [4.69, 9.17) is 5.14 Å². The van der Waals surface area contributed by atoms with Crippen molar-refractivity contribution in [2.24, 2.45) is 5.14 Å². The Balaban J connectivity index is 1.79. The zero-order chi connectivity index (χ0) is 16.3. The van der Waals surface area contributed by atoms with Crippen molar-refractivity contribution in [1.29, 1.82) is 0 Å². The van der Waals surface area contributed by atoms with Gasteiger partial charge in [0.25, 0.3) is 0 Å². The van der Waals surface area contributed by atoms with E-state index in [0.29, 0.717) is 12.3 Å². The SMILES string of the molecule is NS(=O)(=O)CCCN1Cc2ccccc2[C@H](c2ccccc2)C1. The molecule has 1 heterocycles. The van der Waals surface area contributed by atoms with E-state index in [1.165, 1.54) is 16.7 Å². The molecule has 1 aliphatic heterocycles. The first kappa shape index (κ1) is 16.2. The third-order valence-corrected chi connectivity index (χ3v) is 5.23. The first-order chi connectivity index (χ1) is 11.0. The zero-order valence-electron chi connectivity index (χ0n) is 13.1. The number of nitrogens with zero attached hydrogens (tertiary/aromatic N) is 1. The van der Waals surface area contributed by atoms with E-state index in [0.717, 1.165) is 19.6 Å². The molecule has 0 bridgehead atoms. The zero-order valence-corrected chi connectivity index (χ0v) is 13.9. The Morgan fingerprint density at radius 1 is 1.04 bits per heavy atom. The van der Waals surface area contributed by atoms with Crippen LogP contribution < -0.4 is 5.14 Å². The molecule has 2 aromatic carbocycles. The van der Waals surface area contributed by atoms with Crippen LogP contribution in [0, 0.1) is 0 Å². The Kier molecular flexibility index (Phi) is 4.80. The number of rotatable bonds is 5. The summed E-state index contributed by atoms with van der Waals surface area (Å²) in [7, 11) is -3.38. The minimum absolute atomic E-state index is 0.0428. The molecule has 2 aromatic rings. The molecule has 3 rings (SSSR count). The molecule has 5 heteroatoms. The molecule has 0 aromatic heterocycles. The summed E-state index contributed by atoms with van der Waals surface area (Å²) in [4.78, 5) is 2.32. The van der Waals surface area contributed by atoms with Gasteiger partial charge in [-0.1, -0.05) is 54.6 Å². The van der Waals surface area contributed by atoms with Gasteiger partial charge in [-0.05, 0) is 29.7 Å². The molecule has 0 fully saturated rings. The largest absolute Gasteiger partial charge is 0.298 e. The second-order valence-corrected chi connectivity index (χ2v) is 7.85. The molecule has 0 aliphatic carbocycles. The molecule has 2 N–H and O–H groups in total. The number of primary sulfonamides is 1. The maximum Gasteiger partial charge on any atom is 0.209 e. The van der Waals surface area contributed by atoms with E-state index in [1.807, 2.05) is 6.07 Å². The fraction of sp³-hybridized carbons (Fsp3) is 0.333. The van der Waals surface area contributed by atoms with Gasteiger partial charge < -0.3 is 0 Å². The highest BCUT2D eigenvalue weighted by atomic mass is 32.2. The number of hydrogen-bond acceptors (Lipinski definition) is 3. The smallest absolute Gasteiger partial charge is 0.209 e.